The van der Waals surface area contributed by atoms with Crippen LogP contribution in [0.25, 0.3) is 0 Å². The van der Waals surface area contributed by atoms with Crippen LogP contribution in [0.4, 0.5) is 0 Å². The summed E-state index contributed by atoms with van der Waals surface area (Å²) in [4.78, 5) is 12.4. The number of nitrogens with one attached hydrogen (secondary N) is 2. The predicted molar refractivity (Wildman–Crippen MR) is 121 cm³/mol. The SMILES string of the molecule is COc1ccc(CNC(=O)C[C@@H]2C=C[C@H](NS(=O)(=O)c3cccc(OC)c3)[C@H](CO)O2)cc1. The number of hydrogen-bond acceptors (Lipinski definition) is 7. The molecule has 0 spiro atoms. The number of hydrogen-bond donors (Lipinski definition) is 3. The van der Waals surface area contributed by atoms with E-state index in [9.17, 15) is 18.3 Å². The highest BCUT2D eigenvalue weighted by Gasteiger charge is 2.31. The lowest BCUT2D eigenvalue weighted by atomic mass is 10.1. The quantitative estimate of drug-likeness (QED) is 0.443. The number of carbonyl (C=O) groups excluding carboxylic acids is 1. The highest BCUT2D eigenvalue weighted by molar-refractivity contribution is 7.89. The first-order valence-corrected chi connectivity index (χ1v) is 11.8. The number of sulfonamides is 1. The third-order valence-corrected chi connectivity index (χ3v) is 6.60. The van der Waals surface area contributed by atoms with Crippen LogP contribution in [0, 0.1) is 0 Å². The van der Waals surface area contributed by atoms with Gasteiger partial charge in [-0.15, -0.1) is 0 Å². The molecule has 3 atom stereocenters. The Morgan fingerprint density at radius 3 is 2.45 bits per heavy atom. The summed E-state index contributed by atoms with van der Waals surface area (Å²) in [6, 6.07) is 12.6. The number of aliphatic hydroxyl groups excluding tert-OH is 1. The molecule has 178 valence electrons. The van der Waals surface area contributed by atoms with Crippen molar-refractivity contribution >= 4 is 15.9 Å². The van der Waals surface area contributed by atoms with Crippen LogP contribution in [0.2, 0.25) is 0 Å². The first kappa shape index (κ1) is 24.7. The van der Waals surface area contributed by atoms with Crippen LogP contribution >= 0.6 is 0 Å². The van der Waals surface area contributed by atoms with Crippen LogP contribution in [0.15, 0.2) is 65.6 Å². The number of rotatable bonds is 10. The molecular weight excluding hydrogens is 448 g/mol. The average Bonchev–Trinajstić information content (AvgIpc) is 2.83. The van der Waals surface area contributed by atoms with E-state index >= 15 is 0 Å². The molecule has 0 saturated carbocycles. The molecule has 1 aliphatic heterocycles. The molecule has 0 fully saturated rings. The van der Waals surface area contributed by atoms with Crippen molar-refractivity contribution in [3.8, 4) is 11.5 Å². The van der Waals surface area contributed by atoms with Crippen molar-refractivity contribution in [2.75, 3.05) is 20.8 Å². The lowest BCUT2D eigenvalue weighted by molar-refractivity contribution is -0.125. The Bertz CT molecular complexity index is 1070. The molecule has 2 aromatic carbocycles. The fraction of sp³-hybridized carbons (Fsp3) is 0.348. The van der Waals surface area contributed by atoms with Gasteiger partial charge in [0.25, 0.3) is 0 Å². The highest BCUT2D eigenvalue weighted by atomic mass is 32.2. The van der Waals surface area contributed by atoms with Gasteiger partial charge in [0, 0.05) is 12.6 Å². The molecule has 0 saturated heterocycles. The van der Waals surface area contributed by atoms with E-state index in [2.05, 4.69) is 10.0 Å². The highest BCUT2D eigenvalue weighted by Crippen LogP contribution is 2.21. The lowest BCUT2D eigenvalue weighted by Gasteiger charge is -2.31. The molecule has 0 aliphatic carbocycles. The lowest BCUT2D eigenvalue weighted by Crippen LogP contribution is -2.49. The van der Waals surface area contributed by atoms with Gasteiger partial charge in [-0.25, -0.2) is 13.1 Å². The van der Waals surface area contributed by atoms with Crippen molar-refractivity contribution in [2.45, 2.75) is 36.1 Å². The number of methoxy groups -OCH3 is 2. The summed E-state index contributed by atoms with van der Waals surface area (Å²) in [6.07, 6.45) is 1.84. The van der Waals surface area contributed by atoms with Gasteiger partial charge in [-0.2, -0.15) is 0 Å². The van der Waals surface area contributed by atoms with Crippen LogP contribution in [0.5, 0.6) is 11.5 Å². The molecule has 1 heterocycles. The van der Waals surface area contributed by atoms with E-state index in [0.717, 1.165) is 11.3 Å². The zero-order valence-electron chi connectivity index (χ0n) is 18.4. The van der Waals surface area contributed by atoms with E-state index < -0.39 is 34.9 Å². The summed E-state index contributed by atoms with van der Waals surface area (Å²) in [6.45, 7) is -0.0642. The van der Waals surface area contributed by atoms with Crippen molar-refractivity contribution in [1.29, 1.82) is 0 Å². The minimum Gasteiger partial charge on any atom is -0.497 e. The second-order valence-electron chi connectivity index (χ2n) is 7.44. The first-order chi connectivity index (χ1) is 15.8. The van der Waals surface area contributed by atoms with Gasteiger partial charge in [-0.3, -0.25) is 4.79 Å². The Labute approximate surface area is 193 Å². The van der Waals surface area contributed by atoms with Gasteiger partial charge in [-0.1, -0.05) is 30.4 Å². The normalized spacial score (nSPS) is 20.3. The van der Waals surface area contributed by atoms with E-state index in [1.165, 1.54) is 19.2 Å². The van der Waals surface area contributed by atoms with Crippen LogP contribution < -0.4 is 19.5 Å². The summed E-state index contributed by atoms with van der Waals surface area (Å²) in [5.41, 5.74) is 0.921. The zero-order chi connectivity index (χ0) is 23.8. The molecule has 0 radical (unpaired) electrons. The van der Waals surface area contributed by atoms with E-state index in [0.29, 0.717) is 12.3 Å². The average molecular weight is 477 g/mol. The topological polar surface area (TPSA) is 123 Å². The molecule has 2 aromatic rings. The monoisotopic (exact) mass is 476 g/mol. The van der Waals surface area contributed by atoms with E-state index in [4.69, 9.17) is 14.2 Å². The van der Waals surface area contributed by atoms with Gasteiger partial charge < -0.3 is 24.6 Å². The molecule has 9 nitrogen and oxygen atoms in total. The minimum absolute atomic E-state index is 0.0342. The van der Waals surface area contributed by atoms with Crippen LogP contribution in [-0.2, 0) is 26.1 Å². The van der Waals surface area contributed by atoms with Gasteiger partial charge >= 0.3 is 0 Å². The van der Waals surface area contributed by atoms with Gasteiger partial charge in [0.15, 0.2) is 0 Å². The van der Waals surface area contributed by atoms with Crippen LogP contribution in [0.3, 0.4) is 0 Å². The fourth-order valence-electron chi connectivity index (χ4n) is 3.32. The second-order valence-corrected chi connectivity index (χ2v) is 9.15. The second kappa shape index (κ2) is 11.3. The first-order valence-electron chi connectivity index (χ1n) is 10.3. The minimum atomic E-state index is -3.88. The summed E-state index contributed by atoms with van der Waals surface area (Å²) < 4.78 is 44.0. The van der Waals surface area contributed by atoms with Gasteiger partial charge in [0.1, 0.15) is 17.6 Å². The van der Waals surface area contributed by atoms with E-state index in [-0.39, 0.29) is 17.2 Å². The summed E-state index contributed by atoms with van der Waals surface area (Å²) in [5, 5.41) is 12.6. The Hall–Kier alpha value is -2.92. The van der Waals surface area contributed by atoms with Gasteiger partial charge in [0.2, 0.25) is 15.9 Å². The van der Waals surface area contributed by atoms with Crippen LogP contribution in [-0.4, -0.2) is 58.5 Å². The summed E-state index contributed by atoms with van der Waals surface area (Å²) in [5.74, 6) is 0.915. The van der Waals surface area contributed by atoms with Crippen molar-refractivity contribution in [3.05, 3.63) is 66.2 Å². The smallest absolute Gasteiger partial charge is 0.241 e. The van der Waals surface area contributed by atoms with Gasteiger partial charge in [-0.05, 0) is 29.8 Å². The Kier molecular flexibility index (Phi) is 8.45. The molecule has 0 unspecified atom stereocenters. The van der Waals surface area contributed by atoms with Crippen molar-refractivity contribution in [1.82, 2.24) is 10.0 Å². The maximum atomic E-state index is 12.7. The number of aliphatic hydroxyl groups is 1. The van der Waals surface area contributed by atoms with Crippen molar-refractivity contribution in [2.24, 2.45) is 0 Å². The van der Waals surface area contributed by atoms with Crippen molar-refractivity contribution < 1.29 is 32.5 Å². The predicted octanol–water partition coefficient (Wildman–Crippen LogP) is 1.37. The van der Waals surface area contributed by atoms with E-state index in [1.807, 2.05) is 24.3 Å². The molecule has 1 amide bonds. The summed E-state index contributed by atoms with van der Waals surface area (Å²) >= 11 is 0. The maximum absolute atomic E-state index is 12.7. The largest absolute Gasteiger partial charge is 0.497 e. The van der Waals surface area contributed by atoms with E-state index in [1.54, 1.807) is 31.4 Å². The Balaban J connectivity index is 1.57. The molecule has 3 N–H and O–H groups in total. The third-order valence-electron chi connectivity index (χ3n) is 5.14. The number of ether oxygens (including phenoxy) is 3. The molecule has 33 heavy (non-hydrogen) atoms. The van der Waals surface area contributed by atoms with Gasteiger partial charge in [0.05, 0.1) is 44.3 Å². The third kappa shape index (κ3) is 6.78. The zero-order valence-corrected chi connectivity index (χ0v) is 19.2. The molecule has 3 rings (SSSR count). The molecule has 10 heteroatoms. The Morgan fingerprint density at radius 2 is 1.79 bits per heavy atom. The fourth-order valence-corrected chi connectivity index (χ4v) is 4.58. The van der Waals surface area contributed by atoms with Crippen LogP contribution in [0.1, 0.15) is 12.0 Å². The molecule has 0 aromatic heterocycles. The molecular formula is C23H28N2O7S. The Morgan fingerprint density at radius 1 is 1.06 bits per heavy atom. The standard InChI is InChI=1S/C23H28N2O7S/c1-30-17-8-6-16(7-9-17)14-24-23(27)13-19-10-11-21(22(15-26)32-19)25-33(28,29)20-5-3-4-18(12-20)31-2/h3-12,19,21-22,25-26H,13-15H2,1-2H3,(H,24,27)/t19-,21-,22-/m0/s1. The van der Waals surface area contributed by atoms with Crippen molar-refractivity contribution in [3.63, 3.8) is 0 Å². The number of amides is 1. The number of carbonyl (C=O) groups is 1. The molecule has 0 bridgehead atoms. The number of benzene rings is 2. The maximum Gasteiger partial charge on any atom is 0.241 e. The summed E-state index contributed by atoms with van der Waals surface area (Å²) in [7, 11) is -0.845. The molecule has 1 aliphatic rings.